The van der Waals surface area contributed by atoms with E-state index in [4.69, 9.17) is 0 Å². The Balaban J connectivity index is 1.65. The Kier molecular flexibility index (Phi) is 16.1. The van der Waals surface area contributed by atoms with Crippen LogP contribution in [0.15, 0.2) is 185 Å². The number of fused-ring (bicyclic) bond motifs is 2. The number of benzene rings is 8. The molecule has 0 aromatic heterocycles. The summed E-state index contributed by atoms with van der Waals surface area (Å²) in [6.45, 7) is 0. The predicted molar refractivity (Wildman–Crippen MR) is 291 cm³/mol. The molecule has 0 radical (unpaired) electrons. The van der Waals surface area contributed by atoms with Crippen LogP contribution in [0.1, 0.15) is 11.1 Å². The largest absolute Gasteiger partial charge is 0.295 e. The summed E-state index contributed by atoms with van der Waals surface area (Å²) in [5.74, 6) is 0. The maximum absolute atomic E-state index is 13.6. The van der Waals surface area contributed by atoms with Crippen LogP contribution in [-0.2, 0) is 93.3 Å². The first-order chi connectivity index (χ1) is 36.7. The summed E-state index contributed by atoms with van der Waals surface area (Å²) >= 11 is 0. The van der Waals surface area contributed by atoms with Gasteiger partial charge in [-0.15, -0.1) is 0 Å². The van der Waals surface area contributed by atoms with Gasteiger partial charge >= 0.3 is 0 Å². The zero-order chi connectivity index (χ0) is 59.1. The quantitative estimate of drug-likeness (QED) is 0.0444. The summed E-state index contributed by atoms with van der Waals surface area (Å²) in [6, 6.07) is 23.1. The van der Waals surface area contributed by atoms with E-state index < -0.39 is 192 Å². The SMILES string of the molecule is O=S(=O)(O)c1cccc(P(Cc2cc(S(=O)(=O)O)c3ccc(S(=O)(=O)O)cc3c2-c2c(CP(c3cccc(S(=O)(=O)O)c3)c3cccc(S(=O)(=O)O)c3)cc(S(=O)(=O)O)c3ccc(S(=O)(=O)O)cc23)c2cccc(S(=O)(=O)O)c2)c1. The fourth-order valence-electron chi connectivity index (χ4n) is 8.69. The van der Waals surface area contributed by atoms with Gasteiger partial charge in [0.2, 0.25) is 0 Å². The highest BCUT2D eigenvalue weighted by Crippen LogP contribution is 2.51. The maximum Gasteiger partial charge on any atom is 0.295 e. The van der Waals surface area contributed by atoms with Crippen molar-refractivity contribution in [3.8, 4) is 11.1 Å². The normalized spacial score (nSPS) is 13.4. The minimum Gasteiger partial charge on any atom is -0.282 e. The number of rotatable bonds is 17. The van der Waals surface area contributed by atoms with E-state index in [1.54, 1.807) is 0 Å². The van der Waals surface area contributed by atoms with Crippen molar-refractivity contribution >= 4 is 140 Å². The second kappa shape index (κ2) is 21.3. The van der Waals surface area contributed by atoms with Crippen LogP contribution in [0.3, 0.4) is 0 Å². The molecule has 34 heteroatoms. The lowest BCUT2D eigenvalue weighted by atomic mass is 9.87. The Hall–Kier alpha value is -5.58. The van der Waals surface area contributed by atoms with E-state index in [9.17, 15) is 104 Å². The molecule has 8 rings (SSSR count). The molecule has 0 aliphatic rings. The molecule has 0 unspecified atom stereocenters. The summed E-state index contributed by atoms with van der Waals surface area (Å²) in [4.78, 5) is -7.07. The minimum absolute atomic E-state index is 0.0878. The molecule has 24 nitrogen and oxygen atoms in total. The van der Waals surface area contributed by atoms with Crippen molar-refractivity contribution in [1.29, 1.82) is 0 Å². The van der Waals surface area contributed by atoms with Crippen LogP contribution in [0, 0.1) is 0 Å². The van der Waals surface area contributed by atoms with E-state index >= 15 is 0 Å². The highest BCUT2D eigenvalue weighted by molar-refractivity contribution is 7.88. The Bertz CT molecular complexity index is 4440. The molecule has 0 amide bonds. The average molecular weight is 1290 g/mol. The molecular weight excluding hydrogens is 1250 g/mol. The van der Waals surface area contributed by atoms with Gasteiger partial charge < -0.3 is 0 Å². The Morgan fingerprint density at radius 1 is 0.263 bits per heavy atom. The maximum atomic E-state index is 13.6. The zero-order valence-electron chi connectivity index (χ0n) is 39.5. The Labute approximate surface area is 459 Å². The molecule has 8 aromatic carbocycles. The summed E-state index contributed by atoms with van der Waals surface area (Å²) in [7, 11) is -47.1. The third-order valence-electron chi connectivity index (χ3n) is 12.1. The molecule has 0 aliphatic carbocycles. The molecule has 0 spiro atoms. The molecular formula is C46H36O24P2S8. The Morgan fingerprint density at radius 3 is 0.725 bits per heavy atom. The molecule has 0 bridgehead atoms. The van der Waals surface area contributed by atoms with E-state index in [-0.39, 0.29) is 21.2 Å². The highest BCUT2D eigenvalue weighted by atomic mass is 32.2. The standard InChI is InChI=1S/C46H36O24P2S8/c47-73(48,49)33-9-1-5-29(19-33)71(30-6-2-10-34(20-30)74(50,51)52)25-27-17-43(79(65,66)67)39-15-13-37(77(59,60)61)23-41(39)45(27)46-28(18-44(80(68,69)70)40-16-14-38(24-42(40)46)78(62,63)64)26-72(31-7-3-11-35(21-31)75(53,54)55)32-8-4-12-36(22-32)76(56,57)58/h1-24H,25-26H2,(H,47,48,49)(H,50,51,52)(H,53,54,55)(H,56,57,58)(H,59,60,61)(H,62,63,64)(H,65,66,67)(H,68,69,70). The molecule has 0 saturated heterocycles. The fourth-order valence-corrected chi connectivity index (χ4v) is 18.4. The minimum atomic E-state index is -5.53. The smallest absolute Gasteiger partial charge is 0.282 e. The van der Waals surface area contributed by atoms with Crippen LogP contribution < -0.4 is 21.2 Å². The van der Waals surface area contributed by atoms with Crippen molar-refractivity contribution in [2.24, 2.45) is 0 Å². The van der Waals surface area contributed by atoms with Crippen LogP contribution >= 0.6 is 15.8 Å². The molecule has 8 aromatic rings. The summed E-state index contributed by atoms with van der Waals surface area (Å²) in [5.41, 5.74) is -1.87. The molecule has 0 heterocycles. The molecule has 80 heavy (non-hydrogen) atoms. The van der Waals surface area contributed by atoms with Crippen LogP contribution in [-0.4, -0.2) is 104 Å². The van der Waals surface area contributed by atoms with Crippen molar-refractivity contribution in [2.45, 2.75) is 51.5 Å². The van der Waals surface area contributed by atoms with Gasteiger partial charge in [-0.05, 0) is 155 Å². The monoisotopic (exact) mass is 1290 g/mol. The average Bonchev–Trinajstić information content (AvgIpc) is 3.36. The van der Waals surface area contributed by atoms with Gasteiger partial charge in [-0.2, -0.15) is 67.3 Å². The van der Waals surface area contributed by atoms with Crippen molar-refractivity contribution in [2.75, 3.05) is 0 Å². The molecule has 0 atom stereocenters. The van der Waals surface area contributed by atoms with E-state index in [1.807, 2.05) is 0 Å². The number of hydrogen-bond donors (Lipinski definition) is 8. The van der Waals surface area contributed by atoms with Gasteiger partial charge in [0.25, 0.3) is 80.9 Å². The van der Waals surface area contributed by atoms with Gasteiger partial charge in [-0.25, -0.2) is 0 Å². The van der Waals surface area contributed by atoms with Crippen molar-refractivity contribution in [1.82, 2.24) is 0 Å². The van der Waals surface area contributed by atoms with Crippen LogP contribution in [0.4, 0.5) is 0 Å². The zero-order valence-corrected chi connectivity index (χ0v) is 47.9. The van der Waals surface area contributed by atoms with Gasteiger partial charge in [-0.1, -0.05) is 60.7 Å². The topological polar surface area (TPSA) is 435 Å². The van der Waals surface area contributed by atoms with E-state index in [2.05, 4.69) is 0 Å². The lowest BCUT2D eigenvalue weighted by Gasteiger charge is -2.27. The van der Waals surface area contributed by atoms with Gasteiger partial charge in [-0.3, -0.25) is 36.4 Å². The third-order valence-corrected chi connectivity index (χ3v) is 23.9. The molecule has 422 valence electrons. The van der Waals surface area contributed by atoms with Gasteiger partial charge in [0.05, 0.1) is 29.4 Å². The van der Waals surface area contributed by atoms with Gasteiger partial charge in [0.15, 0.2) is 0 Å². The summed E-state index contributed by atoms with van der Waals surface area (Å²) in [5, 5.41) is -2.79. The van der Waals surface area contributed by atoms with Crippen molar-refractivity contribution in [3.05, 3.63) is 157 Å². The van der Waals surface area contributed by atoms with Gasteiger partial charge in [0.1, 0.15) is 9.79 Å². The van der Waals surface area contributed by atoms with Crippen LogP contribution in [0.2, 0.25) is 0 Å². The lowest BCUT2D eigenvalue weighted by molar-refractivity contribution is 0.481. The fraction of sp³-hybridized carbons (Fsp3) is 0.0435. The molecule has 8 N–H and O–H groups in total. The first-order valence-electron chi connectivity index (χ1n) is 21.7. The highest BCUT2D eigenvalue weighted by Gasteiger charge is 2.32. The van der Waals surface area contributed by atoms with Gasteiger partial charge in [0, 0.05) is 23.1 Å². The van der Waals surface area contributed by atoms with E-state index in [1.165, 1.54) is 24.3 Å². The van der Waals surface area contributed by atoms with Crippen molar-refractivity contribution in [3.63, 3.8) is 0 Å². The second-order valence-corrected chi connectivity index (χ2v) is 32.9. The Morgan fingerprint density at radius 2 is 0.500 bits per heavy atom. The first-order valence-corrected chi connectivity index (χ1v) is 36.2. The first kappa shape index (κ1) is 60.5. The second-order valence-electron chi connectivity index (χ2n) is 17.2. The molecule has 0 fully saturated rings. The number of hydrogen-bond acceptors (Lipinski definition) is 16. The molecule has 0 saturated carbocycles. The predicted octanol–water partition coefficient (Wildman–Crippen LogP) is 4.90. The van der Waals surface area contributed by atoms with E-state index in [0.717, 1.165) is 97.1 Å². The molecule has 0 aliphatic heterocycles. The van der Waals surface area contributed by atoms with Crippen molar-refractivity contribution < 1.29 is 104 Å². The lowest BCUT2D eigenvalue weighted by Crippen LogP contribution is -2.18. The van der Waals surface area contributed by atoms with Crippen LogP contribution in [0.5, 0.6) is 0 Å². The van der Waals surface area contributed by atoms with Crippen LogP contribution in [0.25, 0.3) is 32.7 Å². The summed E-state index contributed by atoms with van der Waals surface area (Å²) < 4.78 is 291. The third kappa shape index (κ3) is 13.0. The summed E-state index contributed by atoms with van der Waals surface area (Å²) in [6.07, 6.45) is -1.52. The van der Waals surface area contributed by atoms with E-state index in [0.29, 0.717) is 24.3 Å².